The number of likely N-dealkylation sites (tertiary alicyclic amines) is 1. The summed E-state index contributed by atoms with van der Waals surface area (Å²) in [5.74, 6) is -12.0. The summed E-state index contributed by atoms with van der Waals surface area (Å²) in [6.07, 6.45) is 5.61. The molecule has 1 saturated carbocycles. The predicted molar refractivity (Wildman–Crippen MR) is 211 cm³/mol. The summed E-state index contributed by atoms with van der Waals surface area (Å²) >= 11 is 0. The number of aliphatic hydroxyl groups excluding tert-OH is 1. The number of carbonyl (C=O) groups is 2. The maximum Gasteiger partial charge on any atom is 0.257 e. The molecule has 4 aromatic carbocycles. The lowest BCUT2D eigenvalue weighted by Gasteiger charge is -2.50. The average molecular weight is 820 g/mol. The van der Waals surface area contributed by atoms with Crippen molar-refractivity contribution in [1.82, 2.24) is 15.5 Å². The highest BCUT2D eigenvalue weighted by molar-refractivity contribution is 5.94. The molecule has 3 N–H and O–H groups in total. The first-order valence-corrected chi connectivity index (χ1v) is 20.3. The van der Waals surface area contributed by atoms with Crippen LogP contribution in [0.4, 0.5) is 22.0 Å². The van der Waals surface area contributed by atoms with Crippen LogP contribution in [-0.2, 0) is 27.4 Å². The van der Waals surface area contributed by atoms with E-state index in [1.165, 1.54) is 6.42 Å². The van der Waals surface area contributed by atoms with Gasteiger partial charge in [0.15, 0.2) is 29.6 Å². The van der Waals surface area contributed by atoms with Crippen LogP contribution in [0.2, 0.25) is 0 Å². The summed E-state index contributed by atoms with van der Waals surface area (Å²) < 4.78 is 82.8. The summed E-state index contributed by atoms with van der Waals surface area (Å²) in [6.45, 7) is 6.26. The number of hydrogen-bond donors (Lipinski definition) is 3. The number of benzene rings is 4. The maximum atomic E-state index is 14.2. The number of carbonyl (C=O) groups excluding carboxylic acids is 2. The third kappa shape index (κ3) is 9.54. The summed E-state index contributed by atoms with van der Waals surface area (Å²) in [7, 11) is 0. The number of nitrogens with zero attached hydrogens (tertiary/aromatic N) is 1. The van der Waals surface area contributed by atoms with Gasteiger partial charge in [-0.05, 0) is 86.3 Å². The van der Waals surface area contributed by atoms with Crippen LogP contribution >= 0.6 is 0 Å². The number of hydrogen-bond acceptors (Lipinski definition) is 6. The topological polar surface area (TPSA) is 100 Å². The van der Waals surface area contributed by atoms with Crippen LogP contribution in [0.15, 0.2) is 72.8 Å². The molecule has 13 heteroatoms. The molecule has 7 rings (SSSR count). The molecule has 1 aliphatic carbocycles. The predicted octanol–water partition coefficient (Wildman–Crippen LogP) is 8.95. The van der Waals surface area contributed by atoms with Gasteiger partial charge >= 0.3 is 0 Å². The second-order valence-corrected chi connectivity index (χ2v) is 16.9. The Labute approximate surface area is 341 Å². The molecule has 0 radical (unpaired) electrons. The number of fused-ring (bicyclic) bond motifs is 1. The fraction of sp³-hybridized carbons (Fsp3) is 0.435. The minimum Gasteiger partial charge on any atom is -0.392 e. The van der Waals surface area contributed by atoms with Gasteiger partial charge in [0.2, 0.25) is 11.7 Å². The lowest BCUT2D eigenvalue weighted by atomic mass is 9.75. The Bertz CT molecular complexity index is 2120. The molecule has 8 nitrogen and oxygen atoms in total. The molecule has 3 aliphatic rings. The lowest BCUT2D eigenvalue weighted by Crippen LogP contribution is -2.61. The van der Waals surface area contributed by atoms with E-state index in [1.807, 2.05) is 75.4 Å². The zero-order valence-corrected chi connectivity index (χ0v) is 33.4. The summed E-state index contributed by atoms with van der Waals surface area (Å²) in [6, 6.07) is 22.3. The number of amides is 2. The van der Waals surface area contributed by atoms with Crippen LogP contribution < -0.4 is 10.6 Å². The van der Waals surface area contributed by atoms with E-state index in [9.17, 15) is 36.6 Å². The number of rotatable bonds is 10. The van der Waals surface area contributed by atoms with E-state index in [0.29, 0.717) is 30.5 Å². The van der Waals surface area contributed by atoms with Gasteiger partial charge < -0.3 is 25.2 Å². The summed E-state index contributed by atoms with van der Waals surface area (Å²) in [5.41, 5.74) is 2.68. The molecule has 6 atom stereocenters. The van der Waals surface area contributed by atoms with Crippen molar-refractivity contribution in [1.29, 1.82) is 0 Å². The minimum absolute atomic E-state index is 0.0461. The molecule has 2 amide bonds. The molecule has 0 unspecified atom stereocenters. The third-order valence-electron chi connectivity index (χ3n) is 11.7. The molecule has 2 saturated heterocycles. The van der Waals surface area contributed by atoms with Crippen molar-refractivity contribution in [3.63, 3.8) is 0 Å². The number of ether oxygens (including phenoxy) is 2. The molecule has 2 aliphatic heterocycles. The third-order valence-corrected chi connectivity index (χ3v) is 11.7. The highest BCUT2D eigenvalue weighted by atomic mass is 19.2. The van der Waals surface area contributed by atoms with Gasteiger partial charge in [0, 0.05) is 36.7 Å². The van der Waals surface area contributed by atoms with E-state index >= 15 is 0 Å². The molecule has 314 valence electrons. The number of piperidine rings is 1. The van der Waals surface area contributed by atoms with Crippen molar-refractivity contribution in [3.8, 4) is 11.1 Å². The van der Waals surface area contributed by atoms with Crippen molar-refractivity contribution in [2.75, 3.05) is 6.54 Å². The first kappa shape index (κ1) is 42.4. The van der Waals surface area contributed by atoms with Gasteiger partial charge in [0.05, 0.1) is 24.9 Å². The molecule has 4 aromatic rings. The first-order valence-electron chi connectivity index (χ1n) is 20.3. The maximum absolute atomic E-state index is 14.2. The number of nitrogens with one attached hydrogen (secondary N) is 2. The van der Waals surface area contributed by atoms with Crippen LogP contribution in [0.5, 0.6) is 0 Å². The fourth-order valence-electron chi connectivity index (χ4n) is 8.76. The summed E-state index contributed by atoms with van der Waals surface area (Å²) in [5, 5.41) is 15.2. The van der Waals surface area contributed by atoms with Gasteiger partial charge in [-0.15, -0.1) is 0 Å². The van der Waals surface area contributed by atoms with Crippen LogP contribution in [0.25, 0.3) is 11.1 Å². The average Bonchev–Trinajstić information content (AvgIpc) is 3.24. The van der Waals surface area contributed by atoms with Crippen LogP contribution in [0, 0.1) is 35.0 Å². The van der Waals surface area contributed by atoms with Crippen molar-refractivity contribution >= 4 is 11.8 Å². The minimum atomic E-state index is -2.34. The van der Waals surface area contributed by atoms with Gasteiger partial charge in [0.25, 0.3) is 5.91 Å². The smallest absolute Gasteiger partial charge is 0.257 e. The Morgan fingerprint density at radius 1 is 0.763 bits per heavy atom. The Kier molecular flexibility index (Phi) is 12.9. The quantitative estimate of drug-likeness (QED) is 0.0840. The molecule has 0 spiro atoms. The van der Waals surface area contributed by atoms with E-state index in [-0.39, 0.29) is 42.8 Å². The van der Waals surface area contributed by atoms with Crippen molar-refractivity contribution in [2.24, 2.45) is 5.92 Å². The van der Waals surface area contributed by atoms with E-state index in [0.717, 1.165) is 59.9 Å². The van der Waals surface area contributed by atoms with Crippen LogP contribution in [-0.4, -0.2) is 52.1 Å². The normalized spacial score (nSPS) is 23.7. The van der Waals surface area contributed by atoms with E-state index < -0.39 is 46.8 Å². The Balaban J connectivity index is 1.10. The Morgan fingerprint density at radius 3 is 2.10 bits per heavy atom. The van der Waals surface area contributed by atoms with Crippen molar-refractivity contribution < 1.29 is 46.1 Å². The zero-order valence-electron chi connectivity index (χ0n) is 33.4. The number of aliphatic hydroxyl groups is 1. The molecule has 2 heterocycles. The van der Waals surface area contributed by atoms with E-state index in [4.69, 9.17) is 9.47 Å². The second kappa shape index (κ2) is 17.9. The van der Waals surface area contributed by atoms with Crippen molar-refractivity contribution in [3.05, 3.63) is 130 Å². The van der Waals surface area contributed by atoms with Gasteiger partial charge in [0.1, 0.15) is 5.56 Å². The van der Waals surface area contributed by atoms with Crippen LogP contribution in [0.1, 0.15) is 111 Å². The van der Waals surface area contributed by atoms with Gasteiger partial charge in [-0.3, -0.25) is 14.5 Å². The monoisotopic (exact) mass is 819 g/mol. The molecular weight excluding hydrogens is 770 g/mol. The zero-order chi connectivity index (χ0) is 42.0. The largest absolute Gasteiger partial charge is 0.392 e. The highest BCUT2D eigenvalue weighted by Crippen LogP contribution is 2.42. The Hall–Kier alpha value is -4.69. The van der Waals surface area contributed by atoms with Gasteiger partial charge in [-0.1, -0.05) is 79.6 Å². The van der Waals surface area contributed by atoms with E-state index in [1.54, 1.807) is 18.2 Å². The van der Waals surface area contributed by atoms with Gasteiger partial charge in [-0.2, -0.15) is 0 Å². The van der Waals surface area contributed by atoms with Crippen molar-refractivity contribution in [2.45, 2.75) is 115 Å². The molecule has 0 bridgehead atoms. The second-order valence-electron chi connectivity index (χ2n) is 16.9. The molecule has 0 aromatic heterocycles. The summed E-state index contributed by atoms with van der Waals surface area (Å²) in [4.78, 5) is 28.8. The molecular formula is C46H50F5N3O5. The lowest BCUT2D eigenvalue weighted by molar-refractivity contribution is -0.255. The molecule has 3 fully saturated rings. The van der Waals surface area contributed by atoms with E-state index in [2.05, 4.69) is 15.5 Å². The van der Waals surface area contributed by atoms with Gasteiger partial charge in [-0.25, -0.2) is 22.0 Å². The SMILES string of the molecule is CC(C)(C)NC(=O)[C@H]1CC[C@H]2CCCC[C@H]2N1C[C@H]1C[C@@H](c2ccc(CO)cc2)O[C@@H](c2ccc(-c3cccc(CNC(=O)c4c(F)c(F)c(F)c(F)c4F)c3)cc2)O1. The molecule has 59 heavy (non-hydrogen) atoms. The van der Waals surface area contributed by atoms with Crippen LogP contribution in [0.3, 0.4) is 0 Å². The highest BCUT2D eigenvalue weighted by Gasteiger charge is 2.44. The first-order chi connectivity index (χ1) is 28.2. The standard InChI is InChI=1S/C46H50F5N3O5/c1-46(2,3)53-43(56)35-20-19-29-8-4-5-10-34(29)54(35)24-33-22-36(30-13-11-26(25-55)12-14-30)59-45(58-33)31-17-15-28(16-18-31)32-9-6-7-27(21-32)23-52-44(57)37-38(47)40(49)42(51)41(50)39(37)48/h6-7,9,11-18,21,29,33-36,45,55H,4-5,8,10,19-20,22-25H2,1-3H3,(H,52,57)(H,53,56)/t29-,33-,34-,35-,36+,45+/m1/s1. The fourth-order valence-corrected chi connectivity index (χ4v) is 8.76. The number of halogens is 5. The Morgan fingerprint density at radius 2 is 1.42 bits per heavy atom.